The van der Waals surface area contributed by atoms with E-state index >= 15 is 0 Å². The quantitative estimate of drug-likeness (QED) is 0.864. The lowest BCUT2D eigenvalue weighted by Crippen LogP contribution is -2.03. The van der Waals surface area contributed by atoms with Crippen molar-refractivity contribution in [2.24, 2.45) is 7.05 Å². The monoisotopic (exact) mass is 289 g/mol. The van der Waals surface area contributed by atoms with Crippen molar-refractivity contribution in [2.75, 3.05) is 5.32 Å². The number of benzene rings is 1. The molecule has 1 aromatic carbocycles. The van der Waals surface area contributed by atoms with Gasteiger partial charge < -0.3 is 9.88 Å². The third kappa shape index (κ3) is 2.63. The Hall–Kier alpha value is -3.63. The molecule has 106 valence electrons. The molecule has 0 saturated heterocycles. The average molecular weight is 289 g/mol. The van der Waals surface area contributed by atoms with Crippen LogP contribution in [0.15, 0.2) is 35.8 Å². The second-order valence-corrected chi connectivity index (χ2v) is 4.45. The van der Waals surface area contributed by atoms with Gasteiger partial charge in [-0.1, -0.05) is 12.1 Å². The lowest BCUT2D eigenvalue weighted by molar-refractivity contribution is 0.918. The third-order valence-corrected chi connectivity index (χ3v) is 3.13. The van der Waals surface area contributed by atoms with E-state index in [1.54, 1.807) is 35.2 Å². The fraction of sp³-hybridized carbons (Fsp3) is 0.133. The predicted octanol–water partition coefficient (Wildman–Crippen LogP) is 2.03. The molecule has 0 amide bonds. The van der Waals surface area contributed by atoms with Gasteiger partial charge in [0, 0.05) is 18.3 Å². The molecular formula is C15H11N7. The molecule has 0 unspecified atom stereocenters. The highest BCUT2D eigenvalue weighted by molar-refractivity contribution is 5.72. The second kappa shape index (κ2) is 6.21. The first-order valence-corrected chi connectivity index (χ1v) is 6.28. The lowest BCUT2D eigenvalue weighted by Gasteiger charge is -2.12. The van der Waals surface area contributed by atoms with Crippen molar-refractivity contribution in [1.82, 2.24) is 14.8 Å². The second-order valence-electron chi connectivity index (χ2n) is 4.45. The average Bonchev–Trinajstić information content (AvgIpc) is 2.95. The van der Waals surface area contributed by atoms with Gasteiger partial charge in [-0.15, -0.1) is 10.2 Å². The summed E-state index contributed by atoms with van der Waals surface area (Å²) in [4.78, 5) is 0. The van der Waals surface area contributed by atoms with Crippen LogP contribution in [0.5, 0.6) is 0 Å². The van der Waals surface area contributed by atoms with Crippen molar-refractivity contribution >= 4 is 5.69 Å². The topological polar surface area (TPSA) is 114 Å². The fourth-order valence-electron chi connectivity index (χ4n) is 1.96. The Morgan fingerprint density at radius 3 is 2.45 bits per heavy atom. The van der Waals surface area contributed by atoms with E-state index in [1.165, 1.54) is 0 Å². The van der Waals surface area contributed by atoms with Crippen LogP contribution in [0.25, 0.3) is 11.4 Å². The van der Waals surface area contributed by atoms with Gasteiger partial charge in [-0.3, -0.25) is 0 Å². The summed E-state index contributed by atoms with van der Waals surface area (Å²) in [6, 6.07) is 10.7. The number of nitriles is 3. The molecule has 0 aliphatic carbocycles. The van der Waals surface area contributed by atoms with E-state index in [-0.39, 0.29) is 11.3 Å². The van der Waals surface area contributed by atoms with Gasteiger partial charge in [0.25, 0.3) is 0 Å². The van der Waals surface area contributed by atoms with Crippen molar-refractivity contribution in [2.45, 2.75) is 6.92 Å². The molecule has 22 heavy (non-hydrogen) atoms. The van der Waals surface area contributed by atoms with Gasteiger partial charge in [0.1, 0.15) is 30.2 Å². The number of nitrogens with one attached hydrogen (secondary N) is 1. The van der Waals surface area contributed by atoms with Crippen molar-refractivity contribution in [3.63, 3.8) is 0 Å². The van der Waals surface area contributed by atoms with Crippen LogP contribution in [0.3, 0.4) is 0 Å². The maximum atomic E-state index is 9.11. The number of allylic oxidation sites excluding steroid dienone is 2. The Labute approximate surface area is 127 Å². The molecule has 1 N–H and O–H groups in total. The molecule has 1 heterocycles. The minimum absolute atomic E-state index is 0.0804. The van der Waals surface area contributed by atoms with Crippen molar-refractivity contribution < 1.29 is 0 Å². The SMILES string of the molecule is Cc1c(NC(C#N)=C(C#N)C#N)cccc1-c1nncn1C. The molecule has 0 aliphatic heterocycles. The van der Waals surface area contributed by atoms with Crippen LogP contribution in [0.2, 0.25) is 0 Å². The van der Waals surface area contributed by atoms with Crippen LogP contribution >= 0.6 is 0 Å². The standard InChI is InChI=1S/C15H11N7/c1-10-12(15-21-19-9-22(15)2)4-3-5-13(10)20-14(8-18)11(6-16)7-17/h3-5,9,20H,1-2H3. The molecule has 0 radical (unpaired) electrons. The summed E-state index contributed by atoms with van der Waals surface area (Å²) in [6.07, 6.45) is 1.60. The van der Waals surface area contributed by atoms with Gasteiger partial charge in [-0.25, -0.2) is 0 Å². The first kappa shape index (κ1) is 14.8. The molecule has 0 saturated carbocycles. The Balaban J connectivity index is 2.50. The van der Waals surface area contributed by atoms with Crippen LogP contribution < -0.4 is 5.32 Å². The number of hydrogen-bond acceptors (Lipinski definition) is 6. The van der Waals surface area contributed by atoms with Crippen LogP contribution in [-0.2, 0) is 7.05 Å². The first-order chi connectivity index (χ1) is 10.6. The zero-order valence-corrected chi connectivity index (χ0v) is 12.0. The van der Waals surface area contributed by atoms with Crippen molar-refractivity contribution in [3.05, 3.63) is 41.4 Å². The minimum atomic E-state index is -0.258. The Bertz CT molecular complexity index is 853. The minimum Gasteiger partial charge on any atom is -0.345 e. The molecule has 0 spiro atoms. The van der Waals surface area contributed by atoms with Gasteiger partial charge in [0.15, 0.2) is 11.4 Å². The number of aromatic nitrogens is 3. The summed E-state index contributed by atoms with van der Waals surface area (Å²) in [5.41, 5.74) is 1.97. The summed E-state index contributed by atoms with van der Waals surface area (Å²) in [7, 11) is 1.83. The van der Waals surface area contributed by atoms with Crippen LogP contribution in [0.4, 0.5) is 5.69 Å². The molecule has 0 bridgehead atoms. The summed E-state index contributed by atoms with van der Waals surface area (Å²) in [5, 5.41) is 37.6. The zero-order valence-electron chi connectivity index (χ0n) is 12.0. The summed E-state index contributed by atoms with van der Waals surface area (Å²) in [5.74, 6) is 0.685. The molecule has 0 atom stereocenters. The summed E-state index contributed by atoms with van der Waals surface area (Å²) >= 11 is 0. The Morgan fingerprint density at radius 1 is 1.18 bits per heavy atom. The number of rotatable bonds is 3. The number of hydrogen-bond donors (Lipinski definition) is 1. The number of aryl methyl sites for hydroxylation is 1. The first-order valence-electron chi connectivity index (χ1n) is 6.28. The highest BCUT2D eigenvalue weighted by atomic mass is 15.2. The highest BCUT2D eigenvalue weighted by Crippen LogP contribution is 2.27. The molecule has 7 nitrogen and oxygen atoms in total. The molecule has 7 heteroatoms. The fourth-order valence-corrected chi connectivity index (χ4v) is 1.96. The summed E-state index contributed by atoms with van der Waals surface area (Å²) < 4.78 is 1.78. The van der Waals surface area contributed by atoms with Crippen LogP contribution in [0, 0.1) is 40.9 Å². The number of anilines is 1. The third-order valence-electron chi connectivity index (χ3n) is 3.13. The molecule has 0 aliphatic rings. The van der Waals surface area contributed by atoms with Crippen LogP contribution in [0.1, 0.15) is 5.56 Å². The van der Waals surface area contributed by atoms with E-state index in [4.69, 9.17) is 15.8 Å². The smallest absolute Gasteiger partial charge is 0.163 e. The molecule has 2 rings (SSSR count). The normalized spacial score (nSPS) is 9.23. The van der Waals surface area contributed by atoms with Crippen molar-refractivity contribution in [3.8, 4) is 29.6 Å². The zero-order chi connectivity index (χ0) is 16.1. The largest absolute Gasteiger partial charge is 0.345 e. The van der Waals surface area contributed by atoms with Crippen molar-refractivity contribution in [1.29, 1.82) is 15.8 Å². The van der Waals surface area contributed by atoms with E-state index in [0.29, 0.717) is 11.5 Å². The van der Waals surface area contributed by atoms with E-state index in [9.17, 15) is 0 Å². The van der Waals surface area contributed by atoms with E-state index in [1.807, 2.05) is 26.1 Å². The van der Waals surface area contributed by atoms with Gasteiger partial charge in [-0.2, -0.15) is 15.8 Å². The predicted molar refractivity (Wildman–Crippen MR) is 78.7 cm³/mol. The highest BCUT2D eigenvalue weighted by Gasteiger charge is 2.13. The van der Waals surface area contributed by atoms with Gasteiger partial charge >= 0.3 is 0 Å². The van der Waals surface area contributed by atoms with Gasteiger partial charge in [-0.05, 0) is 18.6 Å². The lowest BCUT2D eigenvalue weighted by atomic mass is 10.1. The van der Waals surface area contributed by atoms with Gasteiger partial charge in [0.2, 0.25) is 0 Å². The van der Waals surface area contributed by atoms with Gasteiger partial charge in [0.05, 0.1) is 0 Å². The molecule has 1 aromatic heterocycles. The Kier molecular flexibility index (Phi) is 4.17. The Morgan fingerprint density at radius 2 is 1.91 bits per heavy atom. The van der Waals surface area contributed by atoms with E-state index < -0.39 is 0 Å². The summed E-state index contributed by atoms with van der Waals surface area (Å²) in [6.45, 7) is 1.86. The van der Waals surface area contributed by atoms with E-state index in [2.05, 4.69) is 15.5 Å². The number of nitrogens with zero attached hydrogens (tertiary/aromatic N) is 6. The maximum Gasteiger partial charge on any atom is 0.163 e. The van der Waals surface area contributed by atoms with Crippen LogP contribution in [-0.4, -0.2) is 14.8 Å². The van der Waals surface area contributed by atoms with E-state index in [0.717, 1.165) is 11.1 Å². The molecule has 0 fully saturated rings. The maximum absolute atomic E-state index is 9.11. The molecule has 2 aromatic rings. The molecular weight excluding hydrogens is 278 g/mol.